The molecule has 2 aromatic rings. The maximum absolute atomic E-state index is 12.3. The highest BCUT2D eigenvalue weighted by atomic mass is 32.1. The van der Waals surface area contributed by atoms with E-state index in [0.29, 0.717) is 31.5 Å². The fourth-order valence-corrected chi connectivity index (χ4v) is 3.09. The zero-order valence-electron chi connectivity index (χ0n) is 11.0. The van der Waals surface area contributed by atoms with Crippen molar-refractivity contribution < 1.29 is 9.59 Å². The van der Waals surface area contributed by atoms with Crippen LogP contribution in [0.2, 0.25) is 0 Å². The summed E-state index contributed by atoms with van der Waals surface area (Å²) < 4.78 is 0. The Labute approximate surface area is 121 Å². The number of rotatable bonds is 2. The zero-order chi connectivity index (χ0) is 13.9. The molecule has 0 radical (unpaired) electrons. The predicted octanol–water partition coefficient (Wildman–Crippen LogP) is 3.22. The molecule has 0 unspecified atom stereocenters. The Morgan fingerprint density at radius 1 is 1.05 bits per heavy atom. The Kier molecular flexibility index (Phi) is 3.65. The van der Waals surface area contributed by atoms with Crippen molar-refractivity contribution in [3.8, 4) is 10.4 Å². The number of piperidine rings is 1. The van der Waals surface area contributed by atoms with Gasteiger partial charge in [-0.2, -0.15) is 0 Å². The lowest BCUT2D eigenvalue weighted by Gasteiger charge is -2.26. The van der Waals surface area contributed by atoms with Gasteiger partial charge in [0.1, 0.15) is 5.78 Å². The molecule has 0 bridgehead atoms. The summed E-state index contributed by atoms with van der Waals surface area (Å²) in [6.07, 6.45) is 0.970. The Balaban J connectivity index is 1.74. The third kappa shape index (κ3) is 2.65. The van der Waals surface area contributed by atoms with Crippen LogP contribution in [0.5, 0.6) is 0 Å². The highest BCUT2D eigenvalue weighted by Gasteiger charge is 2.21. The molecular weight excluding hydrogens is 270 g/mol. The molecule has 0 atom stereocenters. The Morgan fingerprint density at radius 2 is 1.75 bits per heavy atom. The van der Waals surface area contributed by atoms with Crippen molar-refractivity contribution in [1.29, 1.82) is 0 Å². The Morgan fingerprint density at radius 3 is 2.35 bits per heavy atom. The van der Waals surface area contributed by atoms with Crippen molar-refractivity contribution in [2.45, 2.75) is 12.8 Å². The number of carbonyl (C=O) groups excluding carboxylic acids is 2. The number of likely N-dealkylation sites (tertiary alicyclic amines) is 1. The number of carbonyl (C=O) groups is 2. The van der Waals surface area contributed by atoms with E-state index < -0.39 is 0 Å². The number of benzene rings is 1. The maximum atomic E-state index is 12.3. The molecule has 1 saturated heterocycles. The molecule has 2 heterocycles. The van der Waals surface area contributed by atoms with Crippen molar-refractivity contribution in [3.63, 3.8) is 0 Å². The van der Waals surface area contributed by atoms with Gasteiger partial charge in [-0.1, -0.05) is 18.2 Å². The fourth-order valence-electron chi connectivity index (χ4n) is 2.36. The average molecular weight is 285 g/mol. The number of thiophene rings is 1. The van der Waals surface area contributed by atoms with Gasteiger partial charge in [-0.05, 0) is 29.1 Å². The lowest BCUT2D eigenvalue weighted by Crippen LogP contribution is -2.38. The molecule has 1 amide bonds. The second-order valence-electron chi connectivity index (χ2n) is 4.89. The van der Waals surface area contributed by atoms with E-state index in [1.165, 1.54) is 4.88 Å². The molecule has 1 aliphatic rings. The fraction of sp³-hybridized carbons (Fsp3) is 0.250. The lowest BCUT2D eigenvalue weighted by atomic mass is 10.1. The third-order valence-electron chi connectivity index (χ3n) is 3.55. The minimum absolute atomic E-state index is 0.0234. The second-order valence-corrected chi connectivity index (χ2v) is 5.83. The van der Waals surface area contributed by atoms with Gasteiger partial charge < -0.3 is 4.90 Å². The molecule has 0 spiro atoms. The highest BCUT2D eigenvalue weighted by Crippen LogP contribution is 2.25. The summed E-state index contributed by atoms with van der Waals surface area (Å²) in [5.41, 5.74) is 1.82. The monoisotopic (exact) mass is 285 g/mol. The van der Waals surface area contributed by atoms with E-state index in [2.05, 4.69) is 6.07 Å². The molecule has 0 N–H and O–H groups in total. The number of amides is 1. The second kappa shape index (κ2) is 5.59. The minimum Gasteiger partial charge on any atom is -0.338 e. The van der Waals surface area contributed by atoms with Crippen LogP contribution in [0.1, 0.15) is 23.2 Å². The molecule has 1 aromatic carbocycles. The first-order valence-corrected chi connectivity index (χ1v) is 7.57. The molecule has 0 aliphatic carbocycles. The van der Waals surface area contributed by atoms with Crippen molar-refractivity contribution in [2.75, 3.05) is 13.1 Å². The van der Waals surface area contributed by atoms with Crippen LogP contribution in [0, 0.1) is 0 Å². The average Bonchev–Trinajstić information content (AvgIpc) is 3.02. The van der Waals surface area contributed by atoms with E-state index in [1.807, 2.05) is 35.7 Å². The molecule has 1 aromatic heterocycles. The van der Waals surface area contributed by atoms with Crippen LogP contribution in [-0.2, 0) is 4.79 Å². The topological polar surface area (TPSA) is 37.4 Å². The molecule has 4 heteroatoms. The van der Waals surface area contributed by atoms with Crippen molar-refractivity contribution in [2.24, 2.45) is 0 Å². The molecule has 1 aliphatic heterocycles. The van der Waals surface area contributed by atoms with Gasteiger partial charge in [0.05, 0.1) is 0 Å². The predicted molar refractivity (Wildman–Crippen MR) is 79.9 cm³/mol. The zero-order valence-corrected chi connectivity index (χ0v) is 11.9. The minimum atomic E-state index is 0.0234. The van der Waals surface area contributed by atoms with Gasteiger partial charge in [-0.25, -0.2) is 0 Å². The van der Waals surface area contributed by atoms with Crippen LogP contribution in [0.3, 0.4) is 0 Å². The Bertz CT molecular complexity index is 606. The van der Waals surface area contributed by atoms with E-state index in [1.54, 1.807) is 16.2 Å². The van der Waals surface area contributed by atoms with Gasteiger partial charge in [-0.3, -0.25) is 9.59 Å². The van der Waals surface area contributed by atoms with Crippen LogP contribution < -0.4 is 0 Å². The van der Waals surface area contributed by atoms with E-state index >= 15 is 0 Å². The first-order chi connectivity index (χ1) is 9.74. The summed E-state index contributed by atoms with van der Waals surface area (Å²) in [5.74, 6) is 0.275. The van der Waals surface area contributed by atoms with Crippen LogP contribution in [-0.4, -0.2) is 29.7 Å². The SMILES string of the molecule is O=C1CCN(C(=O)c2ccc(-c3cccs3)cc2)CC1. The number of hydrogen-bond acceptors (Lipinski definition) is 3. The van der Waals surface area contributed by atoms with E-state index in [-0.39, 0.29) is 11.7 Å². The number of Topliss-reactive ketones (excluding diaryl/α,β-unsaturated/α-hetero) is 1. The molecule has 0 saturated carbocycles. The summed E-state index contributed by atoms with van der Waals surface area (Å²) in [6, 6.07) is 11.8. The largest absolute Gasteiger partial charge is 0.338 e. The van der Waals surface area contributed by atoms with Crippen molar-refractivity contribution in [3.05, 3.63) is 47.3 Å². The smallest absolute Gasteiger partial charge is 0.253 e. The molecule has 3 rings (SSSR count). The van der Waals surface area contributed by atoms with Crippen LogP contribution in [0.15, 0.2) is 41.8 Å². The maximum Gasteiger partial charge on any atom is 0.253 e. The van der Waals surface area contributed by atoms with E-state index in [0.717, 1.165) is 5.56 Å². The van der Waals surface area contributed by atoms with Gasteiger partial charge in [0.15, 0.2) is 0 Å². The number of ketones is 1. The van der Waals surface area contributed by atoms with Crippen molar-refractivity contribution in [1.82, 2.24) is 4.90 Å². The summed E-state index contributed by atoms with van der Waals surface area (Å²) in [7, 11) is 0. The van der Waals surface area contributed by atoms with Gasteiger partial charge in [0.25, 0.3) is 5.91 Å². The van der Waals surface area contributed by atoms with Gasteiger partial charge in [-0.15, -0.1) is 11.3 Å². The van der Waals surface area contributed by atoms with Crippen LogP contribution in [0.4, 0.5) is 0 Å². The summed E-state index contributed by atoms with van der Waals surface area (Å²) in [4.78, 5) is 26.5. The summed E-state index contributed by atoms with van der Waals surface area (Å²) in [5, 5.41) is 2.04. The first-order valence-electron chi connectivity index (χ1n) is 6.69. The van der Waals surface area contributed by atoms with Crippen molar-refractivity contribution >= 4 is 23.0 Å². The highest BCUT2D eigenvalue weighted by molar-refractivity contribution is 7.13. The van der Waals surface area contributed by atoms with E-state index in [4.69, 9.17) is 0 Å². The first kappa shape index (κ1) is 13.1. The molecule has 3 nitrogen and oxygen atoms in total. The number of hydrogen-bond donors (Lipinski definition) is 0. The van der Waals surface area contributed by atoms with Gasteiger partial charge in [0.2, 0.25) is 0 Å². The molecular formula is C16H15NO2S. The normalized spacial score (nSPS) is 15.4. The third-order valence-corrected chi connectivity index (χ3v) is 4.46. The van der Waals surface area contributed by atoms with E-state index in [9.17, 15) is 9.59 Å². The molecule has 1 fully saturated rings. The van der Waals surface area contributed by atoms with Crippen LogP contribution in [0.25, 0.3) is 10.4 Å². The van der Waals surface area contributed by atoms with Crippen LogP contribution >= 0.6 is 11.3 Å². The standard InChI is InChI=1S/C16H15NO2S/c18-14-7-9-17(10-8-14)16(19)13-5-3-12(4-6-13)15-2-1-11-20-15/h1-6,11H,7-10H2. The molecule has 20 heavy (non-hydrogen) atoms. The quantitative estimate of drug-likeness (QED) is 0.849. The molecule has 102 valence electrons. The lowest BCUT2D eigenvalue weighted by molar-refractivity contribution is -0.120. The summed E-state index contributed by atoms with van der Waals surface area (Å²) in [6.45, 7) is 1.09. The summed E-state index contributed by atoms with van der Waals surface area (Å²) >= 11 is 1.69. The van der Waals surface area contributed by atoms with Gasteiger partial charge in [0, 0.05) is 36.4 Å². The van der Waals surface area contributed by atoms with Gasteiger partial charge >= 0.3 is 0 Å². The Hall–Kier alpha value is -1.94. The number of nitrogens with zero attached hydrogens (tertiary/aromatic N) is 1.